The standard InChI is InChI=1S/C14H8F2N2O/c15-9-5-6-13(10(16)7-9)19-14-8-17-11-3-1-2-4-12(11)18-14/h1-8H. The van der Waals surface area contributed by atoms with Crippen LogP contribution in [-0.4, -0.2) is 9.97 Å². The van der Waals surface area contributed by atoms with Gasteiger partial charge in [-0.1, -0.05) is 12.1 Å². The summed E-state index contributed by atoms with van der Waals surface area (Å²) in [5.74, 6) is -1.38. The average molecular weight is 258 g/mol. The van der Waals surface area contributed by atoms with E-state index in [2.05, 4.69) is 9.97 Å². The fraction of sp³-hybridized carbons (Fsp3) is 0. The number of hydrogen-bond donors (Lipinski definition) is 0. The second-order valence-corrected chi connectivity index (χ2v) is 3.87. The summed E-state index contributed by atoms with van der Waals surface area (Å²) >= 11 is 0. The average Bonchev–Trinajstić information content (AvgIpc) is 2.42. The number of para-hydroxylation sites is 2. The summed E-state index contributed by atoms with van der Waals surface area (Å²) in [4.78, 5) is 8.33. The molecule has 1 heterocycles. The van der Waals surface area contributed by atoms with Gasteiger partial charge >= 0.3 is 0 Å². The molecular weight excluding hydrogens is 250 g/mol. The smallest absolute Gasteiger partial charge is 0.238 e. The Morgan fingerprint density at radius 3 is 2.53 bits per heavy atom. The molecule has 3 nitrogen and oxygen atoms in total. The molecule has 0 saturated carbocycles. The second kappa shape index (κ2) is 4.61. The molecule has 0 aliphatic heterocycles. The molecule has 3 rings (SSSR count). The molecule has 19 heavy (non-hydrogen) atoms. The van der Waals surface area contributed by atoms with Crippen LogP contribution in [0, 0.1) is 11.6 Å². The van der Waals surface area contributed by atoms with Gasteiger partial charge in [0.15, 0.2) is 11.6 Å². The highest BCUT2D eigenvalue weighted by Gasteiger charge is 2.07. The Kier molecular flexibility index (Phi) is 2.79. The van der Waals surface area contributed by atoms with E-state index in [0.717, 1.165) is 17.6 Å². The van der Waals surface area contributed by atoms with E-state index >= 15 is 0 Å². The van der Waals surface area contributed by atoms with Crippen molar-refractivity contribution >= 4 is 11.0 Å². The molecule has 3 aromatic rings. The Balaban J connectivity index is 1.96. The minimum Gasteiger partial charge on any atom is -0.434 e. The van der Waals surface area contributed by atoms with Crippen LogP contribution in [0.3, 0.4) is 0 Å². The van der Waals surface area contributed by atoms with Gasteiger partial charge in [-0.3, -0.25) is 0 Å². The zero-order valence-corrected chi connectivity index (χ0v) is 9.68. The molecule has 0 unspecified atom stereocenters. The Hall–Kier alpha value is -2.56. The number of hydrogen-bond acceptors (Lipinski definition) is 3. The lowest BCUT2D eigenvalue weighted by atomic mass is 10.3. The first kappa shape index (κ1) is 11.5. The van der Waals surface area contributed by atoms with Crippen LogP contribution in [0.5, 0.6) is 11.6 Å². The van der Waals surface area contributed by atoms with Gasteiger partial charge in [0.1, 0.15) is 5.82 Å². The molecule has 0 aliphatic rings. The quantitative estimate of drug-likeness (QED) is 0.703. The molecule has 94 valence electrons. The van der Waals surface area contributed by atoms with E-state index < -0.39 is 11.6 Å². The van der Waals surface area contributed by atoms with Gasteiger partial charge in [-0.05, 0) is 24.3 Å². The summed E-state index contributed by atoms with van der Waals surface area (Å²) in [6.07, 6.45) is 1.39. The summed E-state index contributed by atoms with van der Waals surface area (Å²) in [7, 11) is 0. The molecule has 0 bridgehead atoms. The third kappa shape index (κ3) is 2.35. The van der Waals surface area contributed by atoms with Crippen LogP contribution in [-0.2, 0) is 0 Å². The van der Waals surface area contributed by atoms with Crippen LogP contribution in [0.2, 0.25) is 0 Å². The van der Waals surface area contributed by atoms with Crippen LogP contribution >= 0.6 is 0 Å². The normalized spacial score (nSPS) is 10.6. The van der Waals surface area contributed by atoms with Gasteiger partial charge in [0.05, 0.1) is 17.2 Å². The van der Waals surface area contributed by atoms with Crippen molar-refractivity contribution < 1.29 is 13.5 Å². The molecular formula is C14H8F2N2O. The van der Waals surface area contributed by atoms with Crippen molar-refractivity contribution in [2.45, 2.75) is 0 Å². The van der Waals surface area contributed by atoms with Crippen molar-refractivity contribution in [3.05, 3.63) is 60.3 Å². The van der Waals surface area contributed by atoms with E-state index in [1.54, 1.807) is 6.07 Å². The van der Waals surface area contributed by atoms with Crippen molar-refractivity contribution in [2.24, 2.45) is 0 Å². The Morgan fingerprint density at radius 2 is 1.74 bits per heavy atom. The maximum Gasteiger partial charge on any atom is 0.238 e. The van der Waals surface area contributed by atoms with Gasteiger partial charge in [-0.25, -0.2) is 18.7 Å². The van der Waals surface area contributed by atoms with Crippen LogP contribution < -0.4 is 4.74 Å². The van der Waals surface area contributed by atoms with Gasteiger partial charge < -0.3 is 4.74 Å². The zero-order valence-electron chi connectivity index (χ0n) is 9.68. The van der Waals surface area contributed by atoms with E-state index in [1.807, 2.05) is 18.2 Å². The number of aromatic nitrogens is 2. The molecule has 0 aliphatic carbocycles. The summed E-state index contributed by atoms with van der Waals surface area (Å²) in [5.41, 5.74) is 1.36. The fourth-order valence-electron chi connectivity index (χ4n) is 1.66. The van der Waals surface area contributed by atoms with Crippen molar-refractivity contribution in [1.29, 1.82) is 0 Å². The lowest BCUT2D eigenvalue weighted by Crippen LogP contribution is -1.93. The maximum atomic E-state index is 13.4. The van der Waals surface area contributed by atoms with Crippen molar-refractivity contribution in [2.75, 3.05) is 0 Å². The maximum absolute atomic E-state index is 13.4. The third-order valence-corrected chi connectivity index (χ3v) is 2.53. The van der Waals surface area contributed by atoms with Crippen LogP contribution in [0.1, 0.15) is 0 Å². The first-order valence-corrected chi connectivity index (χ1v) is 5.57. The van der Waals surface area contributed by atoms with Crippen molar-refractivity contribution in [3.63, 3.8) is 0 Å². The molecule has 0 N–H and O–H groups in total. The first-order valence-electron chi connectivity index (χ1n) is 5.57. The van der Waals surface area contributed by atoms with Crippen LogP contribution in [0.4, 0.5) is 8.78 Å². The molecule has 2 aromatic carbocycles. The van der Waals surface area contributed by atoms with Crippen LogP contribution in [0.25, 0.3) is 11.0 Å². The Morgan fingerprint density at radius 1 is 0.947 bits per heavy atom. The summed E-state index contributed by atoms with van der Waals surface area (Å²) < 4.78 is 31.5. The third-order valence-electron chi connectivity index (χ3n) is 2.53. The van der Waals surface area contributed by atoms with E-state index in [4.69, 9.17) is 4.74 Å². The van der Waals surface area contributed by atoms with Crippen molar-refractivity contribution in [1.82, 2.24) is 9.97 Å². The van der Waals surface area contributed by atoms with E-state index in [9.17, 15) is 8.78 Å². The minimum atomic E-state index is -0.782. The molecule has 5 heteroatoms. The second-order valence-electron chi connectivity index (χ2n) is 3.87. The van der Waals surface area contributed by atoms with Gasteiger partial charge in [-0.15, -0.1) is 0 Å². The highest BCUT2D eigenvalue weighted by Crippen LogP contribution is 2.24. The molecule has 0 atom stereocenters. The van der Waals surface area contributed by atoms with Gasteiger partial charge in [0.25, 0.3) is 0 Å². The molecule has 0 spiro atoms. The van der Waals surface area contributed by atoms with E-state index in [0.29, 0.717) is 5.52 Å². The summed E-state index contributed by atoms with van der Waals surface area (Å²) in [5, 5.41) is 0. The molecule has 0 radical (unpaired) electrons. The highest BCUT2D eigenvalue weighted by atomic mass is 19.1. The highest BCUT2D eigenvalue weighted by molar-refractivity contribution is 5.74. The largest absolute Gasteiger partial charge is 0.434 e. The molecule has 0 amide bonds. The first-order chi connectivity index (χ1) is 9.22. The SMILES string of the molecule is Fc1ccc(Oc2cnc3ccccc3n2)c(F)c1. The molecule has 0 saturated heterocycles. The molecule has 0 fully saturated rings. The van der Waals surface area contributed by atoms with E-state index in [-0.39, 0.29) is 11.6 Å². The predicted octanol–water partition coefficient (Wildman–Crippen LogP) is 3.70. The topological polar surface area (TPSA) is 35.0 Å². The number of ether oxygens (including phenoxy) is 1. The van der Waals surface area contributed by atoms with Crippen LogP contribution in [0.15, 0.2) is 48.7 Å². The van der Waals surface area contributed by atoms with Crippen molar-refractivity contribution in [3.8, 4) is 11.6 Å². The number of fused-ring (bicyclic) bond motifs is 1. The predicted molar refractivity (Wildman–Crippen MR) is 66.0 cm³/mol. The monoisotopic (exact) mass is 258 g/mol. The fourth-order valence-corrected chi connectivity index (χ4v) is 1.66. The zero-order chi connectivity index (χ0) is 13.2. The number of nitrogens with zero attached hydrogens (tertiary/aromatic N) is 2. The minimum absolute atomic E-state index is 0.0917. The summed E-state index contributed by atoms with van der Waals surface area (Å²) in [6, 6.07) is 10.3. The van der Waals surface area contributed by atoms with Gasteiger partial charge in [0, 0.05) is 6.07 Å². The number of halogens is 2. The Bertz CT molecular complexity index is 746. The lowest BCUT2D eigenvalue weighted by molar-refractivity contribution is 0.423. The molecule has 1 aromatic heterocycles. The van der Waals surface area contributed by atoms with Gasteiger partial charge in [0.2, 0.25) is 5.88 Å². The summed E-state index contributed by atoms with van der Waals surface area (Å²) in [6.45, 7) is 0. The number of rotatable bonds is 2. The lowest BCUT2D eigenvalue weighted by Gasteiger charge is -2.06. The number of benzene rings is 2. The van der Waals surface area contributed by atoms with E-state index in [1.165, 1.54) is 12.3 Å². The van der Waals surface area contributed by atoms with Gasteiger partial charge in [-0.2, -0.15) is 0 Å². The Labute approximate surface area is 107 Å².